The Balaban J connectivity index is 2.30. The highest BCUT2D eigenvalue weighted by atomic mass is 16.6. The molecule has 2 rings (SSSR count). The van der Waals surface area contributed by atoms with Gasteiger partial charge in [0.2, 0.25) is 0 Å². The molecule has 2 aromatic rings. The summed E-state index contributed by atoms with van der Waals surface area (Å²) in [6, 6.07) is 6.23. The van der Waals surface area contributed by atoms with Crippen LogP contribution in [0.5, 0.6) is 0 Å². The summed E-state index contributed by atoms with van der Waals surface area (Å²) in [4.78, 5) is 14.3. The van der Waals surface area contributed by atoms with Crippen LogP contribution in [-0.2, 0) is 6.54 Å². The van der Waals surface area contributed by atoms with Gasteiger partial charge in [0.15, 0.2) is 5.82 Å². The summed E-state index contributed by atoms with van der Waals surface area (Å²) in [6.07, 6.45) is 1.55. The monoisotopic (exact) mass is 242 g/mol. The van der Waals surface area contributed by atoms with Crippen molar-refractivity contribution in [3.8, 4) is 23.2 Å². The molecule has 6 heteroatoms. The summed E-state index contributed by atoms with van der Waals surface area (Å²) in [5, 5.41) is 14.9. The molecular weight excluding hydrogens is 232 g/mol. The van der Waals surface area contributed by atoms with E-state index in [9.17, 15) is 10.1 Å². The van der Waals surface area contributed by atoms with E-state index in [0.29, 0.717) is 17.9 Å². The fraction of sp³-hybridized carbons (Fsp3) is 0.167. The van der Waals surface area contributed by atoms with Gasteiger partial charge in [0.05, 0.1) is 4.92 Å². The zero-order valence-corrected chi connectivity index (χ0v) is 9.70. The molecule has 1 aromatic heterocycles. The standard InChI is InChI=1S/C12H10N4O2/c1-2-3-7-15-9-13-12(14-15)10-5-4-6-11(8-10)16(17)18/h4-6,8-9H,7H2,1H3. The fourth-order valence-corrected chi connectivity index (χ4v) is 1.42. The van der Waals surface area contributed by atoms with E-state index in [4.69, 9.17) is 0 Å². The van der Waals surface area contributed by atoms with Gasteiger partial charge in [-0.15, -0.1) is 5.92 Å². The molecule has 1 heterocycles. The van der Waals surface area contributed by atoms with Crippen LogP contribution < -0.4 is 0 Å². The van der Waals surface area contributed by atoms with E-state index < -0.39 is 4.92 Å². The molecule has 18 heavy (non-hydrogen) atoms. The van der Waals surface area contributed by atoms with Crippen LogP contribution in [0.4, 0.5) is 5.69 Å². The van der Waals surface area contributed by atoms with Crippen LogP contribution in [0.3, 0.4) is 0 Å². The number of nitrogens with zero attached hydrogens (tertiary/aromatic N) is 4. The van der Waals surface area contributed by atoms with Gasteiger partial charge < -0.3 is 0 Å². The highest BCUT2D eigenvalue weighted by Gasteiger charge is 2.09. The van der Waals surface area contributed by atoms with Gasteiger partial charge in [-0.1, -0.05) is 18.1 Å². The third-order valence-electron chi connectivity index (χ3n) is 2.27. The van der Waals surface area contributed by atoms with E-state index in [1.165, 1.54) is 12.1 Å². The van der Waals surface area contributed by atoms with Crippen molar-refractivity contribution in [1.29, 1.82) is 0 Å². The minimum absolute atomic E-state index is 0.0252. The van der Waals surface area contributed by atoms with Crippen molar-refractivity contribution in [2.24, 2.45) is 0 Å². The molecule has 1 aromatic carbocycles. The molecule has 0 aliphatic carbocycles. The first kappa shape index (κ1) is 11.8. The van der Waals surface area contributed by atoms with Gasteiger partial charge in [-0.3, -0.25) is 10.1 Å². The second kappa shape index (κ2) is 5.10. The highest BCUT2D eigenvalue weighted by Crippen LogP contribution is 2.20. The van der Waals surface area contributed by atoms with Gasteiger partial charge in [-0.2, -0.15) is 5.10 Å². The molecule has 0 saturated carbocycles. The maximum absolute atomic E-state index is 10.7. The summed E-state index contributed by atoms with van der Waals surface area (Å²) in [7, 11) is 0. The molecule has 0 N–H and O–H groups in total. The molecule has 0 radical (unpaired) electrons. The van der Waals surface area contributed by atoms with Gasteiger partial charge >= 0.3 is 0 Å². The van der Waals surface area contributed by atoms with Crippen LogP contribution in [0.1, 0.15) is 6.92 Å². The lowest BCUT2D eigenvalue weighted by Gasteiger charge is -1.95. The second-order valence-electron chi connectivity index (χ2n) is 3.50. The lowest BCUT2D eigenvalue weighted by molar-refractivity contribution is -0.384. The third kappa shape index (κ3) is 2.52. The van der Waals surface area contributed by atoms with Gasteiger partial charge in [-0.25, -0.2) is 9.67 Å². The van der Waals surface area contributed by atoms with Crippen LogP contribution in [0.15, 0.2) is 30.6 Å². The fourth-order valence-electron chi connectivity index (χ4n) is 1.42. The molecule has 90 valence electrons. The number of rotatable bonds is 3. The Kier molecular flexibility index (Phi) is 3.34. The lowest BCUT2D eigenvalue weighted by atomic mass is 10.2. The van der Waals surface area contributed by atoms with Crippen molar-refractivity contribution in [3.05, 3.63) is 40.7 Å². The van der Waals surface area contributed by atoms with E-state index >= 15 is 0 Å². The van der Waals surface area contributed by atoms with Crippen LogP contribution >= 0.6 is 0 Å². The third-order valence-corrected chi connectivity index (χ3v) is 2.27. The van der Waals surface area contributed by atoms with Crippen molar-refractivity contribution < 1.29 is 4.92 Å². The first-order valence-electron chi connectivity index (χ1n) is 5.24. The normalized spacial score (nSPS) is 9.61. The van der Waals surface area contributed by atoms with Crippen molar-refractivity contribution in [2.45, 2.75) is 13.5 Å². The van der Waals surface area contributed by atoms with Crippen LogP contribution in [0, 0.1) is 22.0 Å². The number of hydrogen-bond acceptors (Lipinski definition) is 4. The predicted molar refractivity (Wildman–Crippen MR) is 65.6 cm³/mol. The van der Waals surface area contributed by atoms with Crippen LogP contribution in [-0.4, -0.2) is 19.7 Å². The largest absolute Gasteiger partial charge is 0.270 e. The molecule has 0 bridgehead atoms. The van der Waals surface area contributed by atoms with Crippen LogP contribution in [0.25, 0.3) is 11.4 Å². The minimum atomic E-state index is -0.441. The van der Waals surface area contributed by atoms with Gasteiger partial charge in [0.1, 0.15) is 12.9 Å². The Morgan fingerprint density at radius 2 is 2.33 bits per heavy atom. The quantitative estimate of drug-likeness (QED) is 0.468. The Labute approximate surface area is 103 Å². The molecule has 0 saturated heterocycles. The van der Waals surface area contributed by atoms with Crippen molar-refractivity contribution in [2.75, 3.05) is 0 Å². The Hall–Kier alpha value is -2.68. The van der Waals surface area contributed by atoms with E-state index in [0.717, 1.165) is 0 Å². The molecule has 0 aliphatic heterocycles. The SMILES string of the molecule is CC#CCn1cnc(-c2cccc([N+](=O)[O-])c2)n1. The topological polar surface area (TPSA) is 73.8 Å². The lowest BCUT2D eigenvalue weighted by Crippen LogP contribution is -1.96. The number of benzene rings is 1. The highest BCUT2D eigenvalue weighted by molar-refractivity contribution is 5.58. The maximum atomic E-state index is 10.7. The minimum Gasteiger partial charge on any atom is -0.258 e. The number of nitro groups is 1. The average molecular weight is 242 g/mol. The average Bonchev–Trinajstić information content (AvgIpc) is 2.85. The summed E-state index contributed by atoms with van der Waals surface area (Å²) in [5.74, 6) is 6.08. The molecule has 6 nitrogen and oxygen atoms in total. The maximum Gasteiger partial charge on any atom is 0.270 e. The van der Waals surface area contributed by atoms with Crippen molar-refractivity contribution in [3.63, 3.8) is 0 Å². The molecular formula is C12H10N4O2. The van der Waals surface area contributed by atoms with Gasteiger partial charge in [0, 0.05) is 17.7 Å². The zero-order chi connectivity index (χ0) is 13.0. The van der Waals surface area contributed by atoms with Gasteiger partial charge in [0.25, 0.3) is 5.69 Å². The second-order valence-corrected chi connectivity index (χ2v) is 3.50. The van der Waals surface area contributed by atoms with Crippen LogP contribution in [0.2, 0.25) is 0 Å². The van der Waals surface area contributed by atoms with E-state index in [1.54, 1.807) is 30.1 Å². The smallest absolute Gasteiger partial charge is 0.258 e. The molecule has 0 aliphatic rings. The van der Waals surface area contributed by atoms with Crippen molar-refractivity contribution >= 4 is 5.69 Å². The molecule has 0 amide bonds. The van der Waals surface area contributed by atoms with E-state index in [1.807, 2.05) is 0 Å². The zero-order valence-electron chi connectivity index (χ0n) is 9.70. The first-order chi connectivity index (χ1) is 8.70. The number of hydrogen-bond donors (Lipinski definition) is 0. The Morgan fingerprint density at radius 3 is 3.06 bits per heavy atom. The van der Waals surface area contributed by atoms with Crippen molar-refractivity contribution in [1.82, 2.24) is 14.8 Å². The first-order valence-corrected chi connectivity index (χ1v) is 5.24. The molecule has 0 fully saturated rings. The molecule has 0 spiro atoms. The molecule has 0 atom stereocenters. The summed E-state index contributed by atoms with van der Waals surface area (Å²) >= 11 is 0. The Morgan fingerprint density at radius 1 is 1.50 bits per heavy atom. The van der Waals surface area contributed by atoms with E-state index in [2.05, 4.69) is 21.9 Å². The Bertz CT molecular complexity index is 637. The van der Waals surface area contributed by atoms with E-state index in [-0.39, 0.29) is 5.69 Å². The summed E-state index contributed by atoms with van der Waals surface area (Å²) < 4.78 is 1.59. The molecule has 0 unspecified atom stereocenters. The summed E-state index contributed by atoms with van der Waals surface area (Å²) in [5.41, 5.74) is 0.643. The predicted octanol–water partition coefficient (Wildman–Crippen LogP) is 1.88. The van der Waals surface area contributed by atoms with Gasteiger partial charge in [-0.05, 0) is 6.92 Å². The number of aromatic nitrogens is 3. The number of nitro benzene ring substituents is 1. The summed E-state index contributed by atoms with van der Waals surface area (Å²) in [6.45, 7) is 2.21. The number of non-ortho nitro benzene ring substituents is 1.